The molecule has 7 nitrogen and oxygen atoms in total. The van der Waals surface area contributed by atoms with Gasteiger partial charge in [-0.25, -0.2) is 0 Å². The van der Waals surface area contributed by atoms with Crippen LogP contribution < -0.4 is 10.2 Å². The monoisotopic (exact) mass is 482 g/mol. The molecule has 1 aromatic carbocycles. The van der Waals surface area contributed by atoms with Gasteiger partial charge in [-0.3, -0.25) is 14.4 Å². The molecular weight excluding hydrogens is 440 g/mol. The number of piperidine rings is 1. The molecule has 2 saturated heterocycles. The molecule has 0 radical (unpaired) electrons. The van der Waals surface area contributed by atoms with E-state index in [2.05, 4.69) is 17.1 Å². The van der Waals surface area contributed by atoms with Gasteiger partial charge in [0, 0.05) is 31.7 Å². The Morgan fingerprint density at radius 3 is 2.43 bits per heavy atom. The van der Waals surface area contributed by atoms with Crippen molar-refractivity contribution in [1.29, 1.82) is 0 Å². The molecule has 3 fully saturated rings. The first-order valence-electron chi connectivity index (χ1n) is 13.7. The molecule has 1 saturated carbocycles. The van der Waals surface area contributed by atoms with E-state index in [1.165, 1.54) is 32.1 Å². The Hall–Kier alpha value is -2.57. The lowest BCUT2D eigenvalue weighted by Crippen LogP contribution is -2.57. The van der Waals surface area contributed by atoms with Gasteiger partial charge in [0.2, 0.25) is 11.8 Å². The van der Waals surface area contributed by atoms with Crippen LogP contribution in [-0.4, -0.2) is 65.9 Å². The third-order valence-electron chi connectivity index (χ3n) is 8.17. The molecule has 0 atom stereocenters. The minimum Gasteiger partial charge on any atom is -0.354 e. The van der Waals surface area contributed by atoms with Crippen molar-refractivity contribution < 1.29 is 14.4 Å². The summed E-state index contributed by atoms with van der Waals surface area (Å²) in [5.41, 5.74) is 0.305. The second kappa shape index (κ2) is 11.9. The van der Waals surface area contributed by atoms with Crippen molar-refractivity contribution in [2.45, 2.75) is 83.1 Å². The Morgan fingerprint density at radius 2 is 1.74 bits per heavy atom. The molecule has 0 bridgehead atoms. The second-order valence-electron chi connectivity index (χ2n) is 10.6. The summed E-state index contributed by atoms with van der Waals surface area (Å²) in [7, 11) is 0. The Kier molecular flexibility index (Phi) is 8.69. The van der Waals surface area contributed by atoms with E-state index in [4.69, 9.17) is 0 Å². The number of amides is 3. The predicted octanol–water partition coefficient (Wildman–Crippen LogP) is 3.93. The molecule has 1 aromatic rings. The number of unbranched alkanes of at least 4 members (excludes halogenated alkanes) is 2. The first-order valence-corrected chi connectivity index (χ1v) is 13.7. The fourth-order valence-corrected chi connectivity index (χ4v) is 6.01. The maximum atomic E-state index is 13.8. The number of hydrogen-bond acceptors (Lipinski definition) is 4. The molecule has 1 aliphatic carbocycles. The van der Waals surface area contributed by atoms with Crippen LogP contribution in [-0.2, 0) is 14.4 Å². The van der Waals surface area contributed by atoms with Gasteiger partial charge in [-0.2, -0.15) is 0 Å². The zero-order chi connectivity index (χ0) is 24.7. The standard InChI is InChI=1S/C28H42N4O3/c1-2-3-6-15-26(34)30-18-16-28(17-19-30)27(35)31(22-32(28)24-13-9-5-10-14-24)21-25(33)29-20-23-11-7-4-8-12-23/h5,9-10,13-14,23H,2-4,6-8,11-12,15-22H2,1H3,(H,29,33). The molecule has 35 heavy (non-hydrogen) atoms. The van der Waals surface area contributed by atoms with Gasteiger partial charge in [0.1, 0.15) is 12.1 Å². The zero-order valence-corrected chi connectivity index (χ0v) is 21.3. The minimum atomic E-state index is -0.689. The van der Waals surface area contributed by atoms with E-state index >= 15 is 0 Å². The molecule has 3 aliphatic rings. The zero-order valence-electron chi connectivity index (χ0n) is 21.3. The van der Waals surface area contributed by atoms with E-state index in [1.54, 1.807) is 4.90 Å². The van der Waals surface area contributed by atoms with Crippen LogP contribution in [0.2, 0.25) is 0 Å². The molecule has 2 heterocycles. The molecule has 7 heteroatoms. The fraction of sp³-hybridized carbons (Fsp3) is 0.679. The first kappa shape index (κ1) is 25.5. The number of carbonyl (C=O) groups excluding carboxylic acids is 3. The maximum absolute atomic E-state index is 13.8. The highest BCUT2D eigenvalue weighted by molar-refractivity contribution is 5.96. The maximum Gasteiger partial charge on any atom is 0.250 e. The number of nitrogens with zero attached hydrogens (tertiary/aromatic N) is 3. The number of benzene rings is 1. The lowest BCUT2D eigenvalue weighted by Gasteiger charge is -2.43. The van der Waals surface area contributed by atoms with Gasteiger partial charge in [0.25, 0.3) is 5.91 Å². The summed E-state index contributed by atoms with van der Waals surface area (Å²) in [6.07, 6.45) is 11.0. The Labute approximate surface area is 210 Å². The molecular formula is C28H42N4O3. The molecule has 4 rings (SSSR count). The van der Waals surface area contributed by atoms with Crippen molar-refractivity contribution in [3.8, 4) is 0 Å². The summed E-state index contributed by atoms with van der Waals surface area (Å²) in [5.74, 6) is 0.710. The van der Waals surface area contributed by atoms with E-state index in [1.807, 2.05) is 35.2 Å². The van der Waals surface area contributed by atoms with Crippen LogP contribution in [0.5, 0.6) is 0 Å². The van der Waals surface area contributed by atoms with E-state index in [-0.39, 0.29) is 24.3 Å². The number of anilines is 1. The SMILES string of the molecule is CCCCCC(=O)N1CCC2(CC1)C(=O)N(CC(=O)NCC1CCCCC1)CN2c1ccccc1. The number of nitrogens with one attached hydrogen (secondary N) is 1. The van der Waals surface area contributed by atoms with Crippen molar-refractivity contribution in [2.24, 2.45) is 5.92 Å². The van der Waals surface area contributed by atoms with Crippen LogP contribution >= 0.6 is 0 Å². The highest BCUT2D eigenvalue weighted by atomic mass is 16.2. The van der Waals surface area contributed by atoms with Crippen LogP contribution in [0.3, 0.4) is 0 Å². The Bertz CT molecular complexity index is 860. The topological polar surface area (TPSA) is 73.0 Å². The first-order chi connectivity index (χ1) is 17.0. The number of likely N-dealkylation sites (tertiary alicyclic amines) is 1. The quantitative estimate of drug-likeness (QED) is 0.542. The third-order valence-corrected chi connectivity index (χ3v) is 8.17. The van der Waals surface area contributed by atoms with Gasteiger partial charge in [-0.15, -0.1) is 0 Å². The average Bonchev–Trinajstić information content (AvgIpc) is 3.15. The average molecular weight is 483 g/mol. The number of para-hydroxylation sites is 1. The number of carbonyl (C=O) groups is 3. The molecule has 2 aliphatic heterocycles. The van der Waals surface area contributed by atoms with E-state index < -0.39 is 5.54 Å². The third kappa shape index (κ3) is 5.99. The Morgan fingerprint density at radius 1 is 1.03 bits per heavy atom. The van der Waals surface area contributed by atoms with Gasteiger partial charge < -0.3 is 20.0 Å². The highest BCUT2D eigenvalue weighted by Crippen LogP contribution is 2.39. The van der Waals surface area contributed by atoms with Crippen LogP contribution in [0.15, 0.2) is 30.3 Å². The summed E-state index contributed by atoms with van der Waals surface area (Å²) in [6.45, 7) is 4.52. The van der Waals surface area contributed by atoms with E-state index in [0.717, 1.165) is 24.9 Å². The molecule has 1 N–H and O–H groups in total. The van der Waals surface area contributed by atoms with Crippen LogP contribution in [0.1, 0.15) is 77.6 Å². The lowest BCUT2D eigenvalue weighted by atomic mass is 9.85. The molecule has 3 amide bonds. The summed E-state index contributed by atoms with van der Waals surface area (Å²) < 4.78 is 0. The predicted molar refractivity (Wildman–Crippen MR) is 138 cm³/mol. The molecule has 1 spiro atoms. The molecule has 0 unspecified atom stereocenters. The number of rotatable bonds is 9. The normalized spacial score (nSPS) is 20.5. The summed E-state index contributed by atoms with van der Waals surface area (Å²) in [6, 6.07) is 10.0. The number of hydrogen-bond donors (Lipinski definition) is 1. The van der Waals surface area contributed by atoms with Gasteiger partial charge in [0.15, 0.2) is 0 Å². The highest BCUT2D eigenvalue weighted by Gasteiger charge is 2.54. The van der Waals surface area contributed by atoms with Gasteiger partial charge in [-0.1, -0.05) is 57.2 Å². The van der Waals surface area contributed by atoms with Crippen molar-refractivity contribution in [2.75, 3.05) is 37.7 Å². The lowest BCUT2D eigenvalue weighted by molar-refractivity contribution is -0.140. The molecule has 0 aromatic heterocycles. The van der Waals surface area contributed by atoms with Gasteiger partial charge in [0.05, 0.1) is 6.67 Å². The summed E-state index contributed by atoms with van der Waals surface area (Å²) in [5, 5.41) is 3.09. The summed E-state index contributed by atoms with van der Waals surface area (Å²) in [4.78, 5) is 45.1. The van der Waals surface area contributed by atoms with Crippen LogP contribution in [0.4, 0.5) is 5.69 Å². The summed E-state index contributed by atoms with van der Waals surface area (Å²) >= 11 is 0. The minimum absolute atomic E-state index is 0.0206. The smallest absolute Gasteiger partial charge is 0.250 e. The van der Waals surface area contributed by atoms with Crippen molar-refractivity contribution in [1.82, 2.24) is 15.1 Å². The molecule has 192 valence electrons. The van der Waals surface area contributed by atoms with Crippen LogP contribution in [0, 0.1) is 5.92 Å². The van der Waals surface area contributed by atoms with Crippen molar-refractivity contribution in [3.05, 3.63) is 30.3 Å². The van der Waals surface area contributed by atoms with E-state index in [0.29, 0.717) is 51.5 Å². The second-order valence-corrected chi connectivity index (χ2v) is 10.6. The Balaban J connectivity index is 1.41. The van der Waals surface area contributed by atoms with E-state index in [9.17, 15) is 14.4 Å². The van der Waals surface area contributed by atoms with Gasteiger partial charge >= 0.3 is 0 Å². The van der Waals surface area contributed by atoms with Crippen molar-refractivity contribution >= 4 is 23.4 Å². The largest absolute Gasteiger partial charge is 0.354 e. The van der Waals surface area contributed by atoms with Crippen LogP contribution in [0.25, 0.3) is 0 Å². The van der Waals surface area contributed by atoms with Gasteiger partial charge in [-0.05, 0) is 50.2 Å². The van der Waals surface area contributed by atoms with Crippen molar-refractivity contribution in [3.63, 3.8) is 0 Å². The fourth-order valence-electron chi connectivity index (χ4n) is 6.01.